The van der Waals surface area contributed by atoms with Crippen molar-refractivity contribution in [2.45, 2.75) is 37.8 Å². The van der Waals surface area contributed by atoms with Crippen molar-refractivity contribution >= 4 is 17.3 Å². The summed E-state index contributed by atoms with van der Waals surface area (Å²) >= 11 is 0. The molecule has 186 valence electrons. The van der Waals surface area contributed by atoms with E-state index in [1.54, 1.807) is 18.2 Å². The van der Waals surface area contributed by atoms with Gasteiger partial charge in [0, 0.05) is 35.5 Å². The van der Waals surface area contributed by atoms with Crippen molar-refractivity contribution < 1.29 is 9.53 Å². The highest BCUT2D eigenvalue weighted by Gasteiger charge is 2.33. The van der Waals surface area contributed by atoms with E-state index in [0.717, 1.165) is 55.6 Å². The second kappa shape index (κ2) is 10.5. The molecule has 0 radical (unpaired) electrons. The Hall–Kier alpha value is -3.64. The van der Waals surface area contributed by atoms with Crippen LogP contribution >= 0.6 is 0 Å². The Morgan fingerprint density at radius 1 is 0.972 bits per heavy atom. The van der Waals surface area contributed by atoms with E-state index in [1.165, 1.54) is 0 Å². The number of amides is 1. The Morgan fingerprint density at radius 3 is 2.31 bits per heavy atom. The molecule has 0 spiro atoms. The van der Waals surface area contributed by atoms with Crippen molar-refractivity contribution in [3.05, 3.63) is 95.1 Å². The number of piperidine rings is 1. The van der Waals surface area contributed by atoms with Crippen LogP contribution in [-0.4, -0.2) is 42.8 Å². The zero-order valence-electron chi connectivity index (χ0n) is 20.7. The summed E-state index contributed by atoms with van der Waals surface area (Å²) < 4.78 is 6.14. The van der Waals surface area contributed by atoms with Crippen molar-refractivity contribution in [1.29, 1.82) is 5.41 Å². The summed E-state index contributed by atoms with van der Waals surface area (Å²) in [5.74, 6) is 1.14. The van der Waals surface area contributed by atoms with Gasteiger partial charge in [0.25, 0.3) is 5.91 Å². The van der Waals surface area contributed by atoms with Crippen molar-refractivity contribution in [2.75, 3.05) is 25.9 Å². The summed E-state index contributed by atoms with van der Waals surface area (Å²) in [5, 5.41) is 12.0. The number of nitrogens with one attached hydrogen (secondary N) is 2. The molecule has 2 aliphatic rings. The summed E-state index contributed by atoms with van der Waals surface area (Å²) in [4.78, 5) is 15.5. The van der Waals surface area contributed by atoms with Crippen molar-refractivity contribution in [3.63, 3.8) is 0 Å². The van der Waals surface area contributed by atoms with Crippen LogP contribution in [0.15, 0.2) is 72.8 Å². The van der Waals surface area contributed by atoms with Gasteiger partial charge in [-0.1, -0.05) is 30.3 Å². The molecule has 1 saturated heterocycles. The van der Waals surface area contributed by atoms with E-state index in [-0.39, 0.29) is 23.8 Å². The molecular weight excluding hydrogens is 448 g/mol. The third-order valence-electron chi connectivity index (χ3n) is 7.23. The topological polar surface area (TPSA) is 91.4 Å². The van der Waals surface area contributed by atoms with Gasteiger partial charge >= 0.3 is 0 Å². The molecule has 1 heterocycles. The summed E-state index contributed by atoms with van der Waals surface area (Å²) in [6.45, 7) is 2.09. The maximum atomic E-state index is 13.2. The van der Waals surface area contributed by atoms with Gasteiger partial charge < -0.3 is 20.7 Å². The minimum absolute atomic E-state index is 0.00346. The van der Waals surface area contributed by atoms with E-state index in [1.807, 2.05) is 42.5 Å². The van der Waals surface area contributed by atoms with Gasteiger partial charge in [0.1, 0.15) is 11.9 Å². The van der Waals surface area contributed by atoms with E-state index in [4.69, 9.17) is 15.9 Å². The highest BCUT2D eigenvalue weighted by Crippen LogP contribution is 2.41. The Kier molecular flexibility index (Phi) is 7.05. The van der Waals surface area contributed by atoms with Crippen LogP contribution in [0, 0.1) is 11.3 Å². The Labute approximate surface area is 213 Å². The lowest BCUT2D eigenvalue weighted by molar-refractivity contribution is 0.0931. The number of rotatable bonds is 8. The van der Waals surface area contributed by atoms with E-state index in [0.29, 0.717) is 22.7 Å². The number of likely N-dealkylation sites (tertiary alicyclic amines) is 1. The number of nitrogens with zero attached hydrogens (tertiary/aromatic N) is 1. The third-order valence-corrected chi connectivity index (χ3v) is 7.23. The first-order valence-corrected chi connectivity index (χ1v) is 12.8. The smallest absolute Gasteiger partial charge is 0.251 e. The number of carbonyl (C=O) groups excluding carboxylic acids is 1. The van der Waals surface area contributed by atoms with E-state index < -0.39 is 0 Å². The van der Waals surface area contributed by atoms with E-state index >= 15 is 0 Å². The van der Waals surface area contributed by atoms with Crippen LogP contribution in [0.3, 0.4) is 0 Å². The first-order valence-electron chi connectivity index (χ1n) is 12.8. The lowest BCUT2D eigenvalue weighted by Gasteiger charge is -2.29. The highest BCUT2D eigenvalue weighted by atomic mass is 16.5. The molecule has 3 aromatic rings. The largest absolute Gasteiger partial charge is 0.490 e. The number of carbonyl (C=O) groups is 1. The second-order valence-electron chi connectivity index (χ2n) is 10.0. The molecule has 1 aliphatic carbocycles. The average molecular weight is 483 g/mol. The molecule has 1 saturated carbocycles. The molecule has 2 fully saturated rings. The lowest BCUT2D eigenvalue weighted by atomic mass is 9.97. The average Bonchev–Trinajstić information content (AvgIpc) is 3.75. The van der Waals surface area contributed by atoms with Gasteiger partial charge in [0.05, 0.1) is 11.8 Å². The van der Waals surface area contributed by atoms with Crippen molar-refractivity contribution in [1.82, 2.24) is 10.2 Å². The van der Waals surface area contributed by atoms with Crippen LogP contribution in [-0.2, 0) is 0 Å². The molecule has 1 unspecified atom stereocenters. The Balaban J connectivity index is 1.28. The molecule has 6 nitrogen and oxygen atoms in total. The molecule has 1 atom stereocenters. The number of hydrogen-bond donors (Lipinski definition) is 3. The number of hydrogen-bond acceptors (Lipinski definition) is 5. The molecule has 36 heavy (non-hydrogen) atoms. The monoisotopic (exact) mass is 482 g/mol. The molecule has 3 aromatic carbocycles. The van der Waals surface area contributed by atoms with Gasteiger partial charge in [-0.2, -0.15) is 0 Å². The number of nitrogens with two attached hydrogens (primary N) is 1. The summed E-state index contributed by atoms with van der Waals surface area (Å²) in [5.41, 5.74) is 9.92. The zero-order chi connectivity index (χ0) is 25.1. The third kappa shape index (κ3) is 5.60. The van der Waals surface area contributed by atoms with E-state index in [2.05, 4.69) is 29.4 Å². The standard InChI is InChI=1S/C30H34N4O2/c1-34-17-15-25(16-18-34)36-24-12-9-20(10-13-24)28(32)26-19-23(11-14-27(26)31)30(35)33-29(22-7-8-22)21-5-3-2-4-6-21/h2-6,9-14,19,22,25,29,32H,7-8,15-18,31H2,1H3,(H,33,35). The Bertz CT molecular complexity index is 1210. The van der Waals surface area contributed by atoms with Crippen molar-refractivity contribution in [2.24, 2.45) is 5.92 Å². The highest BCUT2D eigenvalue weighted by molar-refractivity contribution is 6.14. The van der Waals surface area contributed by atoms with Crippen LogP contribution in [0.25, 0.3) is 0 Å². The number of nitrogen functional groups attached to an aromatic ring is 1. The molecule has 1 amide bonds. The second-order valence-corrected chi connectivity index (χ2v) is 10.0. The van der Waals surface area contributed by atoms with Crippen molar-refractivity contribution in [3.8, 4) is 5.75 Å². The molecule has 4 N–H and O–H groups in total. The predicted molar refractivity (Wildman–Crippen MR) is 144 cm³/mol. The summed E-state index contributed by atoms with van der Waals surface area (Å²) in [7, 11) is 2.13. The fourth-order valence-corrected chi connectivity index (χ4v) is 4.85. The maximum Gasteiger partial charge on any atom is 0.251 e. The summed E-state index contributed by atoms with van der Waals surface area (Å²) in [6, 6.07) is 22.9. The zero-order valence-corrected chi connectivity index (χ0v) is 20.7. The van der Waals surface area contributed by atoms with Crippen LogP contribution < -0.4 is 15.8 Å². The lowest BCUT2D eigenvalue weighted by Crippen LogP contribution is -2.35. The molecule has 0 aromatic heterocycles. The normalized spacial score (nSPS) is 17.4. The minimum Gasteiger partial charge on any atom is -0.490 e. The SMILES string of the molecule is CN1CCC(Oc2ccc(C(=N)c3cc(C(=O)NC(c4ccccc4)C4CC4)ccc3N)cc2)CC1. The van der Waals surface area contributed by atoms with Gasteiger partial charge in [-0.25, -0.2) is 0 Å². The molecule has 0 bridgehead atoms. The molecule has 5 rings (SSSR count). The first kappa shape index (κ1) is 24.1. The minimum atomic E-state index is -0.147. The van der Waals surface area contributed by atoms with Gasteiger partial charge in [0.15, 0.2) is 0 Å². The predicted octanol–water partition coefficient (Wildman–Crippen LogP) is 5.04. The number of benzene rings is 3. The number of ether oxygens (including phenoxy) is 1. The first-order chi connectivity index (χ1) is 17.5. The van der Waals surface area contributed by atoms with Crippen LogP contribution in [0.2, 0.25) is 0 Å². The van der Waals surface area contributed by atoms with Gasteiger partial charge in [-0.3, -0.25) is 10.2 Å². The van der Waals surface area contributed by atoms with Crippen LogP contribution in [0.1, 0.15) is 58.8 Å². The summed E-state index contributed by atoms with van der Waals surface area (Å²) in [6.07, 6.45) is 4.51. The fraction of sp³-hybridized carbons (Fsp3) is 0.333. The fourth-order valence-electron chi connectivity index (χ4n) is 4.85. The molecule has 6 heteroatoms. The van der Waals surface area contributed by atoms with Crippen LogP contribution in [0.4, 0.5) is 5.69 Å². The maximum absolute atomic E-state index is 13.2. The van der Waals surface area contributed by atoms with Gasteiger partial charge in [0.2, 0.25) is 0 Å². The van der Waals surface area contributed by atoms with Gasteiger partial charge in [-0.15, -0.1) is 0 Å². The number of anilines is 1. The van der Waals surface area contributed by atoms with Crippen LogP contribution in [0.5, 0.6) is 5.75 Å². The molecule has 1 aliphatic heterocycles. The molecular formula is C30H34N4O2. The van der Waals surface area contributed by atoms with Gasteiger partial charge in [-0.05, 0) is 86.7 Å². The Morgan fingerprint density at radius 2 is 1.64 bits per heavy atom. The van der Waals surface area contributed by atoms with E-state index in [9.17, 15) is 4.79 Å². The quantitative estimate of drug-likeness (QED) is 0.310.